The van der Waals surface area contributed by atoms with Crippen LogP contribution in [0, 0.1) is 17.0 Å². The van der Waals surface area contributed by atoms with E-state index in [4.69, 9.17) is 0 Å². The monoisotopic (exact) mass is 430 g/mol. The van der Waals surface area contributed by atoms with E-state index in [9.17, 15) is 19.7 Å². The van der Waals surface area contributed by atoms with E-state index in [2.05, 4.69) is 4.98 Å². The van der Waals surface area contributed by atoms with Gasteiger partial charge in [0.2, 0.25) is 5.78 Å². The van der Waals surface area contributed by atoms with E-state index in [0.29, 0.717) is 11.5 Å². The zero-order chi connectivity index (χ0) is 22.7. The number of fused-ring (bicyclic) bond motifs is 3. The summed E-state index contributed by atoms with van der Waals surface area (Å²) in [7, 11) is 3.00. The summed E-state index contributed by atoms with van der Waals surface area (Å²) in [6.45, 7) is 1.97. The lowest BCUT2D eigenvalue weighted by molar-refractivity contribution is -0.384. The molecule has 0 fully saturated rings. The van der Waals surface area contributed by atoms with Gasteiger partial charge in [-0.05, 0) is 36.8 Å². The topological polar surface area (TPSA) is 109 Å². The predicted octanol–water partition coefficient (Wildman–Crippen LogP) is 2.56. The van der Waals surface area contributed by atoms with Crippen molar-refractivity contribution >= 4 is 22.6 Å². The standard InChI is InChI=1S/C22H18N6O4/c1-13-5-4-6-16(11-13)27-17(14-7-9-15(10-8-14)28(31)32)12-26-18-19(23-21(26)27)24(2)22(30)25(3)20(18)29/h4-12H,1-3H3. The summed E-state index contributed by atoms with van der Waals surface area (Å²) in [4.78, 5) is 40.6. The Bertz CT molecular complexity index is 1670. The maximum absolute atomic E-state index is 12.9. The highest BCUT2D eigenvalue weighted by molar-refractivity contribution is 5.79. The predicted molar refractivity (Wildman–Crippen MR) is 119 cm³/mol. The molecule has 32 heavy (non-hydrogen) atoms. The first-order chi connectivity index (χ1) is 15.3. The van der Waals surface area contributed by atoms with E-state index in [1.165, 1.54) is 23.7 Å². The van der Waals surface area contributed by atoms with Crippen molar-refractivity contribution in [3.8, 4) is 16.9 Å². The lowest BCUT2D eigenvalue weighted by Gasteiger charge is -2.10. The first kappa shape index (κ1) is 19.5. The third-order valence-electron chi connectivity index (χ3n) is 5.60. The summed E-state index contributed by atoms with van der Waals surface area (Å²) in [6.07, 6.45) is 1.76. The average Bonchev–Trinajstić information content (AvgIpc) is 3.32. The third-order valence-corrected chi connectivity index (χ3v) is 5.60. The van der Waals surface area contributed by atoms with Crippen LogP contribution in [0.1, 0.15) is 5.56 Å². The molecule has 0 amide bonds. The molecule has 0 saturated heterocycles. The van der Waals surface area contributed by atoms with Crippen LogP contribution in [-0.4, -0.2) is 28.0 Å². The SMILES string of the molecule is Cc1cccc(-n2c(-c3ccc([N+](=O)[O-])cc3)cn3c4c(=O)n(C)c(=O)n(C)c4nc23)c1. The minimum absolute atomic E-state index is 0.0125. The number of hydrogen-bond acceptors (Lipinski definition) is 5. The summed E-state index contributed by atoms with van der Waals surface area (Å²) < 4.78 is 5.93. The Morgan fingerprint density at radius 1 is 1.00 bits per heavy atom. The second-order valence-corrected chi connectivity index (χ2v) is 7.65. The van der Waals surface area contributed by atoms with Crippen LogP contribution < -0.4 is 11.2 Å². The van der Waals surface area contributed by atoms with Gasteiger partial charge in [-0.15, -0.1) is 0 Å². The Labute approximate surface area is 180 Å². The van der Waals surface area contributed by atoms with Gasteiger partial charge in [-0.1, -0.05) is 12.1 Å². The fraction of sp³-hybridized carbons (Fsp3) is 0.136. The van der Waals surface area contributed by atoms with Gasteiger partial charge in [0, 0.05) is 43.7 Å². The normalized spacial score (nSPS) is 11.5. The first-order valence-corrected chi connectivity index (χ1v) is 9.79. The van der Waals surface area contributed by atoms with E-state index in [0.717, 1.165) is 21.4 Å². The Hall–Kier alpha value is -4.47. The summed E-state index contributed by atoms with van der Waals surface area (Å²) in [5.74, 6) is 0.456. The molecule has 0 aliphatic heterocycles. The Kier molecular flexibility index (Phi) is 4.12. The van der Waals surface area contributed by atoms with Crippen molar-refractivity contribution < 1.29 is 4.92 Å². The summed E-state index contributed by atoms with van der Waals surface area (Å²) in [6, 6.07) is 14.0. The van der Waals surface area contributed by atoms with Crippen LogP contribution in [0.4, 0.5) is 5.69 Å². The maximum atomic E-state index is 12.9. The largest absolute Gasteiger partial charge is 0.332 e. The number of nitro groups is 1. The fourth-order valence-corrected chi connectivity index (χ4v) is 3.95. The van der Waals surface area contributed by atoms with E-state index in [1.54, 1.807) is 29.8 Å². The van der Waals surface area contributed by atoms with Gasteiger partial charge < -0.3 is 0 Å². The second-order valence-electron chi connectivity index (χ2n) is 7.65. The highest BCUT2D eigenvalue weighted by Crippen LogP contribution is 2.30. The Morgan fingerprint density at radius 3 is 2.38 bits per heavy atom. The van der Waals surface area contributed by atoms with Gasteiger partial charge in [-0.25, -0.2) is 4.79 Å². The van der Waals surface area contributed by atoms with Crippen LogP contribution in [0.5, 0.6) is 0 Å². The number of nitro benzene ring substituents is 1. The molecular weight excluding hydrogens is 412 g/mol. The summed E-state index contributed by atoms with van der Waals surface area (Å²) >= 11 is 0. The second kappa shape index (κ2) is 6.77. The lowest BCUT2D eigenvalue weighted by atomic mass is 10.1. The fourth-order valence-electron chi connectivity index (χ4n) is 3.95. The summed E-state index contributed by atoms with van der Waals surface area (Å²) in [5, 5.41) is 11.1. The molecule has 0 saturated carbocycles. The number of nitrogens with zero attached hydrogens (tertiary/aromatic N) is 6. The van der Waals surface area contributed by atoms with Gasteiger partial charge in [0.1, 0.15) is 0 Å². The molecule has 0 atom stereocenters. The first-order valence-electron chi connectivity index (χ1n) is 9.79. The number of aryl methyl sites for hydroxylation is 2. The smallest absolute Gasteiger partial charge is 0.279 e. The molecule has 5 aromatic rings. The van der Waals surface area contributed by atoms with Crippen LogP contribution in [-0.2, 0) is 14.1 Å². The minimum atomic E-state index is -0.457. The van der Waals surface area contributed by atoms with Gasteiger partial charge in [0.25, 0.3) is 11.2 Å². The maximum Gasteiger partial charge on any atom is 0.332 e. The number of non-ortho nitro benzene ring substituents is 1. The molecule has 0 aliphatic carbocycles. The number of imidazole rings is 2. The van der Waals surface area contributed by atoms with Gasteiger partial charge in [0.05, 0.1) is 10.6 Å². The molecule has 0 aliphatic rings. The molecular formula is C22H18N6O4. The van der Waals surface area contributed by atoms with Crippen molar-refractivity contribution in [1.29, 1.82) is 0 Å². The molecule has 0 unspecified atom stereocenters. The van der Waals surface area contributed by atoms with Gasteiger partial charge in [0.15, 0.2) is 11.2 Å². The van der Waals surface area contributed by atoms with Crippen LogP contribution in [0.25, 0.3) is 33.9 Å². The molecule has 5 rings (SSSR count). The van der Waals surface area contributed by atoms with Crippen molar-refractivity contribution in [3.63, 3.8) is 0 Å². The molecule has 0 spiro atoms. The molecule has 0 N–H and O–H groups in total. The molecule has 0 radical (unpaired) electrons. The van der Waals surface area contributed by atoms with Crippen LogP contribution in [0.2, 0.25) is 0 Å². The zero-order valence-corrected chi connectivity index (χ0v) is 17.5. The van der Waals surface area contributed by atoms with Crippen molar-refractivity contribution in [3.05, 3.63) is 91.2 Å². The van der Waals surface area contributed by atoms with E-state index < -0.39 is 16.2 Å². The number of hydrogen-bond donors (Lipinski definition) is 0. The molecule has 10 nitrogen and oxygen atoms in total. The highest BCUT2D eigenvalue weighted by Gasteiger charge is 2.22. The number of rotatable bonds is 3. The van der Waals surface area contributed by atoms with Crippen molar-refractivity contribution in [1.82, 2.24) is 23.1 Å². The van der Waals surface area contributed by atoms with Gasteiger partial charge in [-0.3, -0.25) is 33.0 Å². The molecule has 3 heterocycles. The average molecular weight is 430 g/mol. The minimum Gasteiger partial charge on any atom is -0.279 e. The quantitative estimate of drug-likeness (QED) is 0.323. The van der Waals surface area contributed by atoms with Crippen molar-refractivity contribution in [2.45, 2.75) is 6.92 Å². The number of aromatic nitrogens is 5. The molecule has 2 aromatic carbocycles. The van der Waals surface area contributed by atoms with Gasteiger partial charge in [-0.2, -0.15) is 4.98 Å². The van der Waals surface area contributed by atoms with Crippen LogP contribution in [0.15, 0.2) is 64.3 Å². The number of benzene rings is 2. The van der Waals surface area contributed by atoms with Crippen LogP contribution in [0.3, 0.4) is 0 Å². The molecule has 0 bridgehead atoms. The van der Waals surface area contributed by atoms with Gasteiger partial charge >= 0.3 is 5.69 Å². The van der Waals surface area contributed by atoms with Crippen LogP contribution >= 0.6 is 0 Å². The molecule has 3 aromatic heterocycles. The summed E-state index contributed by atoms with van der Waals surface area (Å²) in [5.41, 5.74) is 2.90. The molecule has 160 valence electrons. The third kappa shape index (κ3) is 2.69. The Balaban J connectivity index is 1.92. The molecule has 10 heteroatoms. The van der Waals surface area contributed by atoms with E-state index in [-0.39, 0.29) is 16.9 Å². The van der Waals surface area contributed by atoms with E-state index in [1.807, 2.05) is 35.8 Å². The van der Waals surface area contributed by atoms with Crippen molar-refractivity contribution in [2.75, 3.05) is 0 Å². The highest BCUT2D eigenvalue weighted by atomic mass is 16.6. The zero-order valence-electron chi connectivity index (χ0n) is 17.5. The van der Waals surface area contributed by atoms with E-state index >= 15 is 0 Å². The lowest BCUT2D eigenvalue weighted by Crippen LogP contribution is -2.37. The van der Waals surface area contributed by atoms with Crippen molar-refractivity contribution in [2.24, 2.45) is 14.1 Å². The Morgan fingerprint density at radius 2 is 1.72 bits per heavy atom.